The van der Waals surface area contributed by atoms with Crippen molar-refractivity contribution < 1.29 is 0 Å². The third kappa shape index (κ3) is 2.35. The van der Waals surface area contributed by atoms with E-state index in [-0.39, 0.29) is 5.56 Å². The number of aryl methyl sites for hydroxylation is 1. The topological polar surface area (TPSA) is 45.8 Å². The number of nitrogens with zero attached hydrogens (tertiary/aromatic N) is 1. The molecule has 94 valence electrons. The molecule has 0 unspecified atom stereocenters. The summed E-state index contributed by atoms with van der Waals surface area (Å²) in [5.74, 6) is 0. The molecule has 0 amide bonds. The zero-order chi connectivity index (χ0) is 13.1. The first kappa shape index (κ1) is 12.6. The second kappa shape index (κ2) is 5.17. The van der Waals surface area contributed by atoms with Crippen LogP contribution in [-0.4, -0.2) is 10.2 Å². The maximum Gasteiger partial charge on any atom is 0.267 e. The second-order valence-corrected chi connectivity index (χ2v) is 4.60. The van der Waals surface area contributed by atoms with Gasteiger partial charge in [-0.15, -0.1) is 0 Å². The first-order valence-corrected chi connectivity index (χ1v) is 6.28. The minimum Gasteiger partial charge on any atom is -0.268 e. The summed E-state index contributed by atoms with van der Waals surface area (Å²) in [6.07, 6.45) is 2.19. The van der Waals surface area contributed by atoms with E-state index < -0.39 is 0 Å². The van der Waals surface area contributed by atoms with E-state index in [0.29, 0.717) is 0 Å². The van der Waals surface area contributed by atoms with Crippen LogP contribution in [0.4, 0.5) is 0 Å². The molecule has 0 spiro atoms. The van der Waals surface area contributed by atoms with Crippen molar-refractivity contribution in [1.29, 1.82) is 0 Å². The standard InChI is InChI=1S/C15H18N2O/c1-4-6-12-7-5-8-13(9-12)14-10(2)11(3)15(18)17-16-14/h5,7-9H,4,6H2,1-3H3,(H,17,18). The second-order valence-electron chi connectivity index (χ2n) is 4.60. The van der Waals surface area contributed by atoms with Crippen LogP contribution in [0.25, 0.3) is 11.3 Å². The van der Waals surface area contributed by atoms with Crippen LogP contribution in [0.1, 0.15) is 30.0 Å². The van der Waals surface area contributed by atoms with Crippen LogP contribution >= 0.6 is 0 Å². The molecule has 0 bridgehead atoms. The van der Waals surface area contributed by atoms with E-state index >= 15 is 0 Å². The SMILES string of the molecule is CCCc1cccc(-c2n[nH]c(=O)c(C)c2C)c1. The monoisotopic (exact) mass is 242 g/mol. The van der Waals surface area contributed by atoms with Crippen LogP contribution in [0.15, 0.2) is 29.1 Å². The highest BCUT2D eigenvalue weighted by molar-refractivity contribution is 5.64. The molecule has 0 atom stereocenters. The lowest BCUT2D eigenvalue weighted by Gasteiger charge is -2.08. The van der Waals surface area contributed by atoms with E-state index in [9.17, 15) is 4.79 Å². The molecular weight excluding hydrogens is 224 g/mol. The summed E-state index contributed by atoms with van der Waals surface area (Å²) in [5, 5.41) is 6.73. The molecule has 2 rings (SSSR count). The summed E-state index contributed by atoms with van der Waals surface area (Å²) < 4.78 is 0. The zero-order valence-electron chi connectivity index (χ0n) is 11.1. The quantitative estimate of drug-likeness (QED) is 0.899. The van der Waals surface area contributed by atoms with Gasteiger partial charge in [-0.2, -0.15) is 5.10 Å². The van der Waals surface area contributed by atoms with Gasteiger partial charge in [0.05, 0.1) is 5.69 Å². The molecular formula is C15H18N2O. The lowest BCUT2D eigenvalue weighted by Crippen LogP contribution is -2.14. The van der Waals surface area contributed by atoms with Crippen LogP contribution in [0.2, 0.25) is 0 Å². The predicted molar refractivity (Wildman–Crippen MR) is 73.8 cm³/mol. The van der Waals surface area contributed by atoms with Gasteiger partial charge in [0, 0.05) is 11.1 Å². The lowest BCUT2D eigenvalue weighted by atomic mass is 10.0. The molecule has 2 aromatic rings. The fourth-order valence-corrected chi connectivity index (χ4v) is 2.07. The van der Waals surface area contributed by atoms with Crippen LogP contribution < -0.4 is 5.56 Å². The lowest BCUT2D eigenvalue weighted by molar-refractivity contribution is 0.920. The fourth-order valence-electron chi connectivity index (χ4n) is 2.07. The number of aromatic amines is 1. The molecule has 0 aliphatic carbocycles. The summed E-state index contributed by atoms with van der Waals surface area (Å²) in [6.45, 7) is 5.94. The molecule has 0 fully saturated rings. The number of H-pyrrole nitrogens is 1. The van der Waals surface area contributed by atoms with Gasteiger partial charge in [0.2, 0.25) is 0 Å². The van der Waals surface area contributed by atoms with Crippen LogP contribution in [0, 0.1) is 13.8 Å². The molecule has 18 heavy (non-hydrogen) atoms. The Bertz CT molecular complexity index is 614. The van der Waals surface area contributed by atoms with Gasteiger partial charge in [0.15, 0.2) is 0 Å². The first-order valence-electron chi connectivity index (χ1n) is 6.28. The van der Waals surface area contributed by atoms with Crippen LogP contribution in [-0.2, 0) is 6.42 Å². The first-order chi connectivity index (χ1) is 8.63. The largest absolute Gasteiger partial charge is 0.268 e. The molecule has 0 saturated heterocycles. The van der Waals surface area contributed by atoms with Crippen molar-refractivity contribution in [2.75, 3.05) is 0 Å². The van der Waals surface area contributed by atoms with Crippen molar-refractivity contribution in [3.8, 4) is 11.3 Å². The van der Waals surface area contributed by atoms with E-state index in [1.807, 2.05) is 26.0 Å². The Kier molecular flexibility index (Phi) is 3.60. The van der Waals surface area contributed by atoms with Crippen molar-refractivity contribution in [2.24, 2.45) is 0 Å². The summed E-state index contributed by atoms with van der Waals surface area (Å²) in [6, 6.07) is 8.35. The average molecular weight is 242 g/mol. The Morgan fingerprint density at radius 3 is 2.72 bits per heavy atom. The van der Waals surface area contributed by atoms with Crippen molar-refractivity contribution in [3.63, 3.8) is 0 Å². The van der Waals surface area contributed by atoms with Crippen molar-refractivity contribution in [2.45, 2.75) is 33.6 Å². The highest BCUT2D eigenvalue weighted by Gasteiger charge is 2.08. The Morgan fingerprint density at radius 1 is 1.22 bits per heavy atom. The molecule has 3 heteroatoms. The number of hydrogen-bond donors (Lipinski definition) is 1. The van der Waals surface area contributed by atoms with E-state index in [1.54, 1.807) is 0 Å². The molecule has 1 heterocycles. The summed E-state index contributed by atoms with van der Waals surface area (Å²) in [5.41, 5.74) is 4.82. The molecule has 3 nitrogen and oxygen atoms in total. The summed E-state index contributed by atoms with van der Waals surface area (Å²) >= 11 is 0. The molecule has 0 aliphatic rings. The number of rotatable bonds is 3. The predicted octanol–water partition coefficient (Wildman–Crippen LogP) is 3.01. The third-order valence-electron chi connectivity index (χ3n) is 3.27. The van der Waals surface area contributed by atoms with Crippen LogP contribution in [0.5, 0.6) is 0 Å². The molecule has 0 aliphatic heterocycles. The van der Waals surface area contributed by atoms with E-state index in [2.05, 4.69) is 29.3 Å². The van der Waals surface area contributed by atoms with Crippen molar-refractivity contribution >= 4 is 0 Å². The zero-order valence-corrected chi connectivity index (χ0v) is 11.1. The number of nitrogens with one attached hydrogen (secondary N) is 1. The van der Waals surface area contributed by atoms with Gasteiger partial charge >= 0.3 is 0 Å². The van der Waals surface area contributed by atoms with Gasteiger partial charge in [-0.25, -0.2) is 5.10 Å². The van der Waals surface area contributed by atoms with E-state index in [1.165, 1.54) is 5.56 Å². The van der Waals surface area contributed by atoms with Gasteiger partial charge in [0.1, 0.15) is 0 Å². The summed E-state index contributed by atoms with van der Waals surface area (Å²) in [4.78, 5) is 11.5. The van der Waals surface area contributed by atoms with Crippen LogP contribution in [0.3, 0.4) is 0 Å². The minimum absolute atomic E-state index is 0.110. The van der Waals surface area contributed by atoms with Gasteiger partial charge < -0.3 is 0 Å². The normalized spacial score (nSPS) is 10.6. The number of hydrogen-bond acceptors (Lipinski definition) is 2. The van der Waals surface area contributed by atoms with E-state index in [4.69, 9.17) is 0 Å². The molecule has 1 aromatic carbocycles. The minimum atomic E-state index is -0.110. The molecule has 0 saturated carbocycles. The Balaban J connectivity index is 2.52. The maximum atomic E-state index is 11.5. The van der Waals surface area contributed by atoms with Crippen molar-refractivity contribution in [1.82, 2.24) is 10.2 Å². The van der Waals surface area contributed by atoms with Gasteiger partial charge in [-0.1, -0.05) is 31.5 Å². The average Bonchev–Trinajstić information content (AvgIpc) is 2.37. The molecule has 0 radical (unpaired) electrons. The smallest absolute Gasteiger partial charge is 0.267 e. The fraction of sp³-hybridized carbons (Fsp3) is 0.333. The Morgan fingerprint density at radius 2 is 2.00 bits per heavy atom. The van der Waals surface area contributed by atoms with E-state index in [0.717, 1.165) is 35.2 Å². The number of aromatic nitrogens is 2. The molecule has 1 N–H and O–H groups in total. The Labute approximate surface area is 107 Å². The summed E-state index contributed by atoms with van der Waals surface area (Å²) in [7, 11) is 0. The maximum absolute atomic E-state index is 11.5. The highest BCUT2D eigenvalue weighted by Crippen LogP contribution is 2.22. The number of benzene rings is 1. The Hall–Kier alpha value is -1.90. The highest BCUT2D eigenvalue weighted by atomic mass is 16.1. The molecule has 1 aromatic heterocycles. The van der Waals surface area contributed by atoms with Crippen molar-refractivity contribution in [3.05, 3.63) is 51.3 Å². The van der Waals surface area contributed by atoms with Gasteiger partial charge in [0.25, 0.3) is 5.56 Å². The third-order valence-corrected chi connectivity index (χ3v) is 3.27. The van der Waals surface area contributed by atoms with Gasteiger partial charge in [-0.05, 0) is 37.5 Å². The van der Waals surface area contributed by atoms with Gasteiger partial charge in [-0.3, -0.25) is 4.79 Å².